The second-order valence-corrected chi connectivity index (χ2v) is 8.42. The molecule has 1 aromatic carbocycles. The zero-order valence-corrected chi connectivity index (χ0v) is 17.7. The minimum absolute atomic E-state index is 0.118. The lowest BCUT2D eigenvalue weighted by atomic mass is 9.92. The number of rotatable bonds is 6. The summed E-state index contributed by atoms with van der Waals surface area (Å²) in [5.41, 5.74) is 13.0. The molecule has 0 bridgehead atoms. The van der Waals surface area contributed by atoms with E-state index in [0.717, 1.165) is 40.2 Å². The summed E-state index contributed by atoms with van der Waals surface area (Å²) in [7, 11) is 0. The summed E-state index contributed by atoms with van der Waals surface area (Å²) in [6.07, 6.45) is 0.853. The van der Waals surface area contributed by atoms with Crippen LogP contribution in [0.15, 0.2) is 41.8 Å². The summed E-state index contributed by atoms with van der Waals surface area (Å²) in [5.74, 6) is 0.350. The number of nitrogens with two attached hydrogens (primary N) is 1. The average Bonchev–Trinajstić information content (AvgIpc) is 3.18. The summed E-state index contributed by atoms with van der Waals surface area (Å²) < 4.78 is 0. The van der Waals surface area contributed by atoms with Crippen molar-refractivity contribution in [2.45, 2.75) is 40.7 Å². The lowest BCUT2D eigenvalue weighted by Crippen LogP contribution is -2.17. The molecule has 3 aromatic rings. The molecule has 0 unspecified atom stereocenters. The van der Waals surface area contributed by atoms with Gasteiger partial charge in [0.05, 0.1) is 16.3 Å². The molecule has 0 atom stereocenters. The van der Waals surface area contributed by atoms with Gasteiger partial charge in [0, 0.05) is 17.8 Å². The summed E-state index contributed by atoms with van der Waals surface area (Å²) >= 11 is 1.42. The number of benzene rings is 1. The quantitative estimate of drug-likeness (QED) is 0.594. The second-order valence-electron chi connectivity index (χ2n) is 7.47. The Hall–Kier alpha value is -2.50. The van der Waals surface area contributed by atoms with Gasteiger partial charge in [-0.05, 0) is 48.8 Å². The Morgan fingerprint density at radius 1 is 1.18 bits per heavy atom. The first-order valence-electron chi connectivity index (χ1n) is 9.55. The van der Waals surface area contributed by atoms with Gasteiger partial charge in [0.15, 0.2) is 0 Å². The number of hydrogen-bond donors (Lipinski definition) is 2. The average molecular weight is 394 g/mol. The highest BCUT2D eigenvalue weighted by Crippen LogP contribution is 2.36. The van der Waals surface area contributed by atoms with E-state index in [9.17, 15) is 4.79 Å². The zero-order chi connectivity index (χ0) is 20.3. The molecule has 146 valence electrons. The summed E-state index contributed by atoms with van der Waals surface area (Å²) in [6.45, 7) is 8.74. The molecule has 0 aliphatic heterocycles. The molecular formula is C23H27N3OS. The van der Waals surface area contributed by atoms with Crippen LogP contribution in [0.25, 0.3) is 11.1 Å². The molecule has 0 fully saturated rings. The predicted octanol–water partition coefficient (Wildman–Crippen LogP) is 5.34. The maximum atomic E-state index is 12.8. The van der Waals surface area contributed by atoms with Gasteiger partial charge in [0.2, 0.25) is 0 Å². The third-order valence-corrected chi connectivity index (χ3v) is 5.56. The number of thiophene rings is 1. The van der Waals surface area contributed by atoms with E-state index in [4.69, 9.17) is 10.7 Å². The molecule has 2 heterocycles. The van der Waals surface area contributed by atoms with Crippen LogP contribution in [0.1, 0.15) is 46.0 Å². The lowest BCUT2D eigenvalue weighted by molar-refractivity contribution is 0.103. The number of amides is 1. The van der Waals surface area contributed by atoms with Crippen LogP contribution in [0.3, 0.4) is 0 Å². The summed E-state index contributed by atoms with van der Waals surface area (Å²) in [6, 6.07) is 12.0. The molecule has 0 spiro atoms. The van der Waals surface area contributed by atoms with E-state index in [-0.39, 0.29) is 5.91 Å². The van der Waals surface area contributed by atoms with E-state index in [2.05, 4.69) is 50.4 Å². The van der Waals surface area contributed by atoms with Gasteiger partial charge in [-0.1, -0.05) is 49.7 Å². The molecule has 0 saturated carbocycles. The Kier molecular flexibility index (Phi) is 6.27. The number of pyridine rings is 1. The van der Waals surface area contributed by atoms with Gasteiger partial charge in [-0.2, -0.15) is 0 Å². The topological polar surface area (TPSA) is 68.0 Å². The van der Waals surface area contributed by atoms with Gasteiger partial charge < -0.3 is 11.1 Å². The maximum Gasteiger partial charge on any atom is 0.265 e. The Morgan fingerprint density at radius 2 is 1.89 bits per heavy atom. The van der Waals surface area contributed by atoms with Crippen molar-refractivity contribution in [1.82, 2.24) is 4.98 Å². The number of anilines is 1. The fourth-order valence-corrected chi connectivity index (χ4v) is 3.97. The third kappa shape index (κ3) is 4.32. The minimum Gasteiger partial charge on any atom is -0.326 e. The summed E-state index contributed by atoms with van der Waals surface area (Å²) in [4.78, 5) is 18.3. The van der Waals surface area contributed by atoms with Crippen molar-refractivity contribution in [3.8, 4) is 11.1 Å². The van der Waals surface area contributed by atoms with Crippen molar-refractivity contribution < 1.29 is 4.79 Å². The van der Waals surface area contributed by atoms with Crippen molar-refractivity contribution in [3.05, 3.63) is 69.2 Å². The smallest absolute Gasteiger partial charge is 0.265 e. The largest absolute Gasteiger partial charge is 0.326 e. The van der Waals surface area contributed by atoms with Crippen LogP contribution in [0, 0.1) is 19.8 Å². The highest BCUT2D eigenvalue weighted by molar-refractivity contribution is 7.12. The van der Waals surface area contributed by atoms with Crippen molar-refractivity contribution in [2.75, 3.05) is 5.32 Å². The minimum atomic E-state index is -0.118. The molecule has 0 aliphatic rings. The molecule has 3 rings (SSSR count). The first-order chi connectivity index (χ1) is 13.4. The highest BCUT2D eigenvalue weighted by Gasteiger charge is 2.21. The van der Waals surface area contributed by atoms with Crippen LogP contribution in [-0.2, 0) is 13.0 Å². The first-order valence-corrected chi connectivity index (χ1v) is 10.4. The normalized spacial score (nSPS) is 11.1. The number of nitrogens with one attached hydrogen (secondary N) is 1. The molecule has 2 aromatic heterocycles. The van der Waals surface area contributed by atoms with Crippen LogP contribution >= 0.6 is 11.3 Å². The van der Waals surface area contributed by atoms with Crippen LogP contribution in [-0.4, -0.2) is 10.9 Å². The standard InChI is InChI=1S/C23H27N3OS/c1-14(2)12-19-18(13-24)21(17-9-7-15(3)8-10-17)22(16(4)25-19)26-23(27)20-6-5-11-28-20/h5-11,14H,12-13,24H2,1-4H3,(H,26,27). The van der Waals surface area contributed by atoms with Gasteiger partial charge in [-0.15, -0.1) is 11.3 Å². The zero-order valence-electron chi connectivity index (χ0n) is 16.9. The van der Waals surface area contributed by atoms with Crippen LogP contribution in [0.4, 0.5) is 5.69 Å². The molecule has 5 heteroatoms. The van der Waals surface area contributed by atoms with Crippen molar-refractivity contribution in [3.63, 3.8) is 0 Å². The highest BCUT2D eigenvalue weighted by atomic mass is 32.1. The Morgan fingerprint density at radius 3 is 2.46 bits per heavy atom. The molecule has 1 amide bonds. The van der Waals surface area contributed by atoms with Crippen molar-refractivity contribution in [1.29, 1.82) is 0 Å². The fourth-order valence-electron chi connectivity index (χ4n) is 3.35. The van der Waals surface area contributed by atoms with E-state index in [0.29, 0.717) is 17.3 Å². The van der Waals surface area contributed by atoms with E-state index in [1.165, 1.54) is 16.9 Å². The molecule has 28 heavy (non-hydrogen) atoms. The molecule has 4 nitrogen and oxygen atoms in total. The van der Waals surface area contributed by atoms with E-state index in [1.54, 1.807) is 0 Å². The summed E-state index contributed by atoms with van der Waals surface area (Å²) in [5, 5.41) is 5.00. The number of carbonyl (C=O) groups is 1. The molecule has 0 saturated heterocycles. The fraction of sp³-hybridized carbons (Fsp3) is 0.304. The van der Waals surface area contributed by atoms with Gasteiger partial charge in [-0.25, -0.2) is 0 Å². The number of nitrogens with zero attached hydrogens (tertiary/aromatic N) is 1. The molecule has 0 aliphatic carbocycles. The first kappa shape index (κ1) is 20.2. The van der Waals surface area contributed by atoms with E-state index < -0.39 is 0 Å². The van der Waals surface area contributed by atoms with Gasteiger partial charge in [-0.3, -0.25) is 9.78 Å². The molecule has 3 N–H and O–H groups in total. The van der Waals surface area contributed by atoms with Crippen molar-refractivity contribution in [2.24, 2.45) is 11.7 Å². The van der Waals surface area contributed by atoms with E-state index in [1.807, 2.05) is 24.4 Å². The lowest BCUT2D eigenvalue weighted by Gasteiger charge is -2.21. The van der Waals surface area contributed by atoms with Crippen molar-refractivity contribution >= 4 is 22.9 Å². The number of aryl methyl sites for hydroxylation is 2. The number of aromatic nitrogens is 1. The molecular weight excluding hydrogens is 366 g/mol. The molecule has 0 radical (unpaired) electrons. The SMILES string of the molecule is Cc1ccc(-c2c(CN)c(CC(C)C)nc(C)c2NC(=O)c2cccs2)cc1. The van der Waals surface area contributed by atoms with Gasteiger partial charge in [0.25, 0.3) is 5.91 Å². The van der Waals surface area contributed by atoms with Crippen LogP contribution < -0.4 is 11.1 Å². The number of hydrogen-bond acceptors (Lipinski definition) is 4. The van der Waals surface area contributed by atoms with E-state index >= 15 is 0 Å². The Labute approximate surface area is 170 Å². The van der Waals surface area contributed by atoms with Crippen LogP contribution in [0.5, 0.6) is 0 Å². The van der Waals surface area contributed by atoms with Crippen LogP contribution in [0.2, 0.25) is 0 Å². The van der Waals surface area contributed by atoms with Gasteiger partial charge >= 0.3 is 0 Å². The second kappa shape index (κ2) is 8.67. The third-order valence-electron chi connectivity index (χ3n) is 4.69. The number of carbonyl (C=O) groups excluding carboxylic acids is 1. The maximum absolute atomic E-state index is 12.8. The Balaban J connectivity index is 2.19. The van der Waals surface area contributed by atoms with Gasteiger partial charge in [0.1, 0.15) is 0 Å². The predicted molar refractivity (Wildman–Crippen MR) is 118 cm³/mol. The Bertz CT molecular complexity index is 961. The monoisotopic (exact) mass is 393 g/mol.